The topological polar surface area (TPSA) is 101 Å². The van der Waals surface area contributed by atoms with E-state index in [0.717, 1.165) is 62.7 Å². The molecule has 0 spiro atoms. The number of hydrogen-bond acceptors (Lipinski definition) is 6. The minimum Gasteiger partial charge on any atom is -0.506 e. The average molecular weight is 524 g/mol. The minimum atomic E-state index is -0.258. The van der Waals surface area contributed by atoms with Crippen LogP contribution in [0.25, 0.3) is 0 Å². The predicted molar refractivity (Wildman–Crippen MR) is 146 cm³/mol. The van der Waals surface area contributed by atoms with Gasteiger partial charge in [0.25, 0.3) is 5.91 Å². The number of pyridine rings is 1. The van der Waals surface area contributed by atoms with Gasteiger partial charge in [0.15, 0.2) is 12.4 Å². The third-order valence-electron chi connectivity index (χ3n) is 7.45. The molecular weight excluding hydrogens is 482 g/mol. The van der Waals surface area contributed by atoms with Crippen LogP contribution in [-0.4, -0.2) is 59.2 Å². The van der Waals surface area contributed by atoms with Crippen LogP contribution >= 0.6 is 0 Å². The van der Waals surface area contributed by atoms with E-state index in [4.69, 9.17) is 9.47 Å². The van der Waals surface area contributed by atoms with Crippen LogP contribution in [0.15, 0.2) is 36.5 Å². The second kappa shape index (κ2) is 14.7. The van der Waals surface area contributed by atoms with E-state index in [1.54, 1.807) is 12.3 Å². The molecule has 2 aromatic rings. The van der Waals surface area contributed by atoms with Crippen LogP contribution in [0.5, 0.6) is 11.5 Å². The zero-order valence-corrected chi connectivity index (χ0v) is 22.3. The van der Waals surface area contributed by atoms with Gasteiger partial charge in [0, 0.05) is 30.9 Å². The van der Waals surface area contributed by atoms with E-state index in [1.807, 2.05) is 24.3 Å². The fraction of sp³-hybridized carbons (Fsp3) is 0.567. The highest BCUT2D eigenvalue weighted by Gasteiger charge is 2.25. The Labute approximate surface area is 225 Å². The lowest BCUT2D eigenvalue weighted by Crippen LogP contribution is -2.41. The van der Waals surface area contributed by atoms with Crippen molar-refractivity contribution in [2.24, 2.45) is 0 Å². The van der Waals surface area contributed by atoms with Crippen molar-refractivity contribution in [2.75, 3.05) is 31.7 Å². The first-order valence-electron chi connectivity index (χ1n) is 14.2. The summed E-state index contributed by atoms with van der Waals surface area (Å²) in [6, 6.07) is 9.67. The standard InChI is InChI=1S/C30H41N3O5/c34-26-15-14-23(30-29(26)32-27(35)22-38-30)10-4-3-9-19-33(25-12-5-1-2-6-13-25)28(36)17-21-37-20-16-24-11-7-8-18-31-24/h7-8,11,14-15,18,25,34H,1-6,9-10,12-13,16-17,19-22H2,(H,32,35). The Bertz CT molecular complexity index is 1040. The van der Waals surface area contributed by atoms with Gasteiger partial charge < -0.3 is 24.8 Å². The molecule has 0 bridgehead atoms. The maximum absolute atomic E-state index is 13.3. The van der Waals surface area contributed by atoms with Crippen molar-refractivity contribution in [1.82, 2.24) is 9.88 Å². The molecule has 0 radical (unpaired) electrons. The second-order valence-electron chi connectivity index (χ2n) is 10.3. The number of aryl methyl sites for hydroxylation is 1. The molecule has 4 rings (SSSR count). The molecule has 1 aromatic carbocycles. The van der Waals surface area contributed by atoms with E-state index in [-0.39, 0.29) is 24.2 Å². The first-order chi connectivity index (χ1) is 18.6. The molecule has 0 saturated heterocycles. The summed E-state index contributed by atoms with van der Waals surface area (Å²) in [6.45, 7) is 1.76. The summed E-state index contributed by atoms with van der Waals surface area (Å²) in [7, 11) is 0. The first kappa shape index (κ1) is 27.9. The van der Waals surface area contributed by atoms with Crippen LogP contribution in [0.4, 0.5) is 5.69 Å². The summed E-state index contributed by atoms with van der Waals surface area (Å²) in [5.41, 5.74) is 2.35. The van der Waals surface area contributed by atoms with Crippen molar-refractivity contribution in [1.29, 1.82) is 0 Å². The summed E-state index contributed by atoms with van der Waals surface area (Å²) in [4.78, 5) is 31.3. The van der Waals surface area contributed by atoms with E-state index in [1.165, 1.54) is 25.7 Å². The molecule has 2 amide bonds. The number of fused-ring (bicyclic) bond motifs is 1. The zero-order valence-electron chi connectivity index (χ0n) is 22.3. The summed E-state index contributed by atoms with van der Waals surface area (Å²) >= 11 is 0. The molecule has 1 fully saturated rings. The molecule has 8 nitrogen and oxygen atoms in total. The molecular formula is C30H41N3O5. The lowest BCUT2D eigenvalue weighted by Gasteiger charge is -2.31. The van der Waals surface area contributed by atoms with Gasteiger partial charge in [-0.25, -0.2) is 0 Å². The number of amides is 2. The highest BCUT2D eigenvalue weighted by atomic mass is 16.5. The largest absolute Gasteiger partial charge is 0.506 e. The van der Waals surface area contributed by atoms with Crippen molar-refractivity contribution in [2.45, 2.75) is 83.1 Å². The molecule has 8 heteroatoms. The van der Waals surface area contributed by atoms with E-state index < -0.39 is 0 Å². The zero-order chi connectivity index (χ0) is 26.6. The number of nitrogens with one attached hydrogen (secondary N) is 1. The molecule has 2 heterocycles. The van der Waals surface area contributed by atoms with Crippen molar-refractivity contribution >= 4 is 17.5 Å². The van der Waals surface area contributed by atoms with E-state index in [9.17, 15) is 14.7 Å². The number of phenols is 1. The van der Waals surface area contributed by atoms with Gasteiger partial charge in [-0.05, 0) is 55.9 Å². The molecule has 1 saturated carbocycles. The Morgan fingerprint density at radius 3 is 2.68 bits per heavy atom. The van der Waals surface area contributed by atoms with Gasteiger partial charge in [-0.1, -0.05) is 44.2 Å². The number of benzene rings is 1. The highest BCUT2D eigenvalue weighted by Crippen LogP contribution is 2.39. The first-order valence-corrected chi connectivity index (χ1v) is 14.2. The lowest BCUT2D eigenvalue weighted by molar-refractivity contribution is -0.135. The van der Waals surface area contributed by atoms with Gasteiger partial charge >= 0.3 is 0 Å². The predicted octanol–water partition coefficient (Wildman–Crippen LogP) is 5.03. The van der Waals surface area contributed by atoms with E-state index >= 15 is 0 Å². The molecule has 2 N–H and O–H groups in total. The molecule has 1 aliphatic heterocycles. The molecule has 0 atom stereocenters. The Morgan fingerprint density at radius 2 is 1.89 bits per heavy atom. The van der Waals surface area contributed by atoms with Crippen LogP contribution in [0, 0.1) is 0 Å². The van der Waals surface area contributed by atoms with Crippen LogP contribution in [0.3, 0.4) is 0 Å². The molecule has 2 aliphatic rings. The smallest absolute Gasteiger partial charge is 0.262 e. The number of unbranched alkanes of at least 4 members (excludes halogenated alkanes) is 2. The summed E-state index contributed by atoms with van der Waals surface area (Å²) < 4.78 is 11.4. The van der Waals surface area contributed by atoms with Crippen LogP contribution in [0.2, 0.25) is 0 Å². The van der Waals surface area contributed by atoms with Gasteiger partial charge in [-0.3, -0.25) is 14.6 Å². The van der Waals surface area contributed by atoms with Crippen molar-refractivity contribution in [3.8, 4) is 11.5 Å². The molecule has 0 unspecified atom stereocenters. The van der Waals surface area contributed by atoms with E-state index in [2.05, 4.69) is 15.2 Å². The lowest BCUT2D eigenvalue weighted by atomic mass is 10.0. The van der Waals surface area contributed by atoms with Gasteiger partial charge in [0.2, 0.25) is 5.91 Å². The number of carbonyl (C=O) groups is 2. The average Bonchev–Trinajstić information content (AvgIpc) is 3.22. The summed E-state index contributed by atoms with van der Waals surface area (Å²) in [5, 5.41) is 12.8. The number of hydrogen-bond donors (Lipinski definition) is 2. The molecule has 1 aromatic heterocycles. The fourth-order valence-electron chi connectivity index (χ4n) is 5.39. The number of ether oxygens (including phenoxy) is 2. The van der Waals surface area contributed by atoms with Gasteiger partial charge in [0.1, 0.15) is 11.4 Å². The quantitative estimate of drug-likeness (QED) is 0.217. The number of phenolic OH excluding ortho intramolecular Hbond substituents is 1. The fourth-order valence-corrected chi connectivity index (χ4v) is 5.39. The molecule has 38 heavy (non-hydrogen) atoms. The van der Waals surface area contributed by atoms with Crippen LogP contribution in [-0.2, 0) is 27.2 Å². The SMILES string of the molecule is O=C1COc2c(CCCCCN(C(=O)CCOCCc3ccccn3)C3CCCCCC3)ccc(O)c2N1. The number of aromatic nitrogens is 1. The number of nitrogens with zero attached hydrogens (tertiary/aromatic N) is 2. The van der Waals surface area contributed by atoms with Gasteiger partial charge in [-0.15, -0.1) is 0 Å². The van der Waals surface area contributed by atoms with Crippen LogP contribution in [0.1, 0.15) is 75.5 Å². The number of anilines is 1. The van der Waals surface area contributed by atoms with Crippen molar-refractivity contribution in [3.05, 3.63) is 47.8 Å². The third kappa shape index (κ3) is 8.18. The highest BCUT2D eigenvalue weighted by molar-refractivity contribution is 5.97. The Kier molecular flexibility index (Phi) is 10.8. The van der Waals surface area contributed by atoms with E-state index in [0.29, 0.717) is 37.1 Å². The van der Waals surface area contributed by atoms with Gasteiger partial charge in [-0.2, -0.15) is 0 Å². The number of aromatic hydroxyl groups is 1. The Hall–Kier alpha value is -3.13. The second-order valence-corrected chi connectivity index (χ2v) is 10.3. The minimum absolute atomic E-state index is 0.0232. The maximum Gasteiger partial charge on any atom is 0.262 e. The Morgan fingerprint density at radius 1 is 1.05 bits per heavy atom. The maximum atomic E-state index is 13.3. The van der Waals surface area contributed by atoms with Crippen molar-refractivity contribution in [3.63, 3.8) is 0 Å². The normalized spacial score (nSPS) is 15.7. The monoisotopic (exact) mass is 523 g/mol. The van der Waals surface area contributed by atoms with Crippen molar-refractivity contribution < 1.29 is 24.2 Å². The number of carbonyl (C=O) groups excluding carboxylic acids is 2. The van der Waals surface area contributed by atoms with Crippen LogP contribution < -0.4 is 10.1 Å². The third-order valence-corrected chi connectivity index (χ3v) is 7.45. The molecule has 206 valence electrons. The summed E-state index contributed by atoms with van der Waals surface area (Å²) in [6.07, 6.45) is 13.7. The molecule has 1 aliphatic carbocycles. The Balaban J connectivity index is 1.23. The number of rotatable bonds is 13. The van der Waals surface area contributed by atoms with Gasteiger partial charge in [0.05, 0.1) is 19.6 Å². The summed E-state index contributed by atoms with van der Waals surface area (Å²) in [5.74, 6) is 0.538.